The molecule has 1 fully saturated rings. The van der Waals surface area contributed by atoms with Crippen LogP contribution in [0.25, 0.3) is 0 Å². The van der Waals surface area contributed by atoms with Crippen molar-refractivity contribution < 1.29 is 4.74 Å². The minimum atomic E-state index is 0.362. The highest BCUT2D eigenvalue weighted by Gasteiger charge is 2.36. The Morgan fingerprint density at radius 3 is 3.00 bits per heavy atom. The van der Waals surface area contributed by atoms with Crippen LogP contribution in [0.15, 0.2) is 18.3 Å². The van der Waals surface area contributed by atoms with Gasteiger partial charge >= 0.3 is 0 Å². The highest BCUT2D eigenvalue weighted by atomic mass is 16.5. The van der Waals surface area contributed by atoms with Gasteiger partial charge in [-0.2, -0.15) is 0 Å². The first kappa shape index (κ1) is 9.46. The van der Waals surface area contributed by atoms with Crippen molar-refractivity contribution in [3.05, 3.63) is 23.9 Å². The summed E-state index contributed by atoms with van der Waals surface area (Å²) in [7, 11) is 1.66. The molecule has 1 aliphatic carbocycles. The maximum Gasteiger partial charge on any atom is 0.217 e. The Morgan fingerprint density at radius 1 is 1.57 bits per heavy atom. The normalized spacial score (nSPS) is 17.9. The van der Waals surface area contributed by atoms with Crippen molar-refractivity contribution in [3.63, 3.8) is 0 Å². The first-order valence-corrected chi connectivity index (χ1v) is 4.96. The number of rotatable bonds is 4. The summed E-state index contributed by atoms with van der Waals surface area (Å²) < 4.78 is 5.18. The summed E-state index contributed by atoms with van der Waals surface area (Å²) in [5, 5.41) is 3.50. The number of hydrogen-bond donors (Lipinski definition) is 1. The fraction of sp³-hybridized carbons (Fsp3) is 0.545. The van der Waals surface area contributed by atoms with E-state index in [2.05, 4.69) is 17.2 Å². The summed E-state index contributed by atoms with van der Waals surface area (Å²) in [5.74, 6) is 0.726. The van der Waals surface area contributed by atoms with Crippen LogP contribution in [0.3, 0.4) is 0 Å². The van der Waals surface area contributed by atoms with Gasteiger partial charge in [0.2, 0.25) is 5.88 Å². The van der Waals surface area contributed by atoms with Crippen LogP contribution in [0.1, 0.15) is 25.3 Å². The Morgan fingerprint density at radius 2 is 2.36 bits per heavy atom. The van der Waals surface area contributed by atoms with E-state index in [9.17, 15) is 0 Å². The van der Waals surface area contributed by atoms with E-state index in [1.54, 1.807) is 13.3 Å². The lowest BCUT2D eigenvalue weighted by Gasteiger charge is -2.12. The Labute approximate surface area is 84.5 Å². The van der Waals surface area contributed by atoms with Gasteiger partial charge in [-0.15, -0.1) is 0 Å². The van der Waals surface area contributed by atoms with E-state index >= 15 is 0 Å². The SMILES string of the molecule is COc1ncccc1CNC1(C)CC1. The number of pyridine rings is 1. The van der Waals surface area contributed by atoms with Gasteiger partial charge in [0.15, 0.2) is 0 Å². The maximum absolute atomic E-state index is 5.18. The lowest BCUT2D eigenvalue weighted by molar-refractivity contribution is 0.388. The Bertz CT molecular complexity index is 321. The zero-order valence-corrected chi connectivity index (χ0v) is 8.71. The van der Waals surface area contributed by atoms with Crippen LogP contribution in [-0.2, 0) is 6.54 Å². The molecule has 76 valence electrons. The van der Waals surface area contributed by atoms with Gasteiger partial charge in [-0.1, -0.05) is 6.07 Å². The van der Waals surface area contributed by atoms with Crippen LogP contribution in [0.4, 0.5) is 0 Å². The van der Waals surface area contributed by atoms with Crippen molar-refractivity contribution in [1.29, 1.82) is 0 Å². The molecule has 2 rings (SSSR count). The van der Waals surface area contributed by atoms with E-state index in [1.807, 2.05) is 12.1 Å². The van der Waals surface area contributed by atoms with Gasteiger partial charge in [-0.3, -0.25) is 0 Å². The Kier molecular flexibility index (Phi) is 2.42. The average molecular weight is 192 g/mol. The first-order chi connectivity index (χ1) is 6.73. The standard InChI is InChI=1S/C11H16N2O/c1-11(5-6-11)13-8-9-4-3-7-12-10(9)14-2/h3-4,7,13H,5-6,8H2,1-2H3. The lowest BCUT2D eigenvalue weighted by Crippen LogP contribution is -2.27. The van der Waals surface area contributed by atoms with Crippen molar-refractivity contribution in [2.45, 2.75) is 31.8 Å². The van der Waals surface area contributed by atoms with Gasteiger partial charge < -0.3 is 10.1 Å². The molecule has 0 amide bonds. The number of nitrogens with one attached hydrogen (secondary N) is 1. The number of nitrogens with zero attached hydrogens (tertiary/aromatic N) is 1. The van der Waals surface area contributed by atoms with Gasteiger partial charge in [0.25, 0.3) is 0 Å². The summed E-state index contributed by atoms with van der Waals surface area (Å²) in [5.41, 5.74) is 1.49. The van der Waals surface area contributed by atoms with Gasteiger partial charge in [-0.05, 0) is 25.8 Å². The lowest BCUT2D eigenvalue weighted by atomic mass is 10.2. The molecule has 0 aromatic carbocycles. The minimum Gasteiger partial charge on any atom is -0.481 e. The zero-order valence-electron chi connectivity index (χ0n) is 8.71. The molecular formula is C11H16N2O. The number of ether oxygens (including phenoxy) is 1. The van der Waals surface area contributed by atoms with Gasteiger partial charge in [0.05, 0.1) is 7.11 Å². The van der Waals surface area contributed by atoms with Crippen LogP contribution >= 0.6 is 0 Å². The third-order valence-electron chi connectivity index (χ3n) is 2.75. The van der Waals surface area contributed by atoms with Gasteiger partial charge in [0, 0.05) is 23.8 Å². The molecule has 1 aliphatic rings. The van der Waals surface area contributed by atoms with Crippen LogP contribution in [0.5, 0.6) is 5.88 Å². The summed E-state index contributed by atoms with van der Waals surface area (Å²) >= 11 is 0. The summed E-state index contributed by atoms with van der Waals surface area (Å²) in [6.45, 7) is 3.09. The smallest absolute Gasteiger partial charge is 0.217 e. The molecule has 1 aromatic heterocycles. The second-order valence-electron chi connectivity index (χ2n) is 4.09. The number of methoxy groups -OCH3 is 1. The van der Waals surface area contributed by atoms with E-state index < -0.39 is 0 Å². The topological polar surface area (TPSA) is 34.1 Å². The molecule has 0 spiro atoms. The average Bonchev–Trinajstić information content (AvgIpc) is 2.95. The summed E-state index contributed by atoms with van der Waals surface area (Å²) in [6.07, 6.45) is 4.30. The predicted octanol–water partition coefficient (Wildman–Crippen LogP) is 1.73. The molecular weight excluding hydrogens is 176 g/mol. The molecule has 3 nitrogen and oxygen atoms in total. The molecule has 0 bridgehead atoms. The summed E-state index contributed by atoms with van der Waals surface area (Å²) in [4.78, 5) is 4.16. The largest absolute Gasteiger partial charge is 0.481 e. The maximum atomic E-state index is 5.18. The molecule has 1 saturated carbocycles. The van der Waals surface area contributed by atoms with E-state index in [0.717, 1.165) is 18.0 Å². The molecule has 3 heteroatoms. The molecule has 0 unspecified atom stereocenters. The first-order valence-electron chi connectivity index (χ1n) is 4.96. The molecule has 1 aromatic rings. The van der Waals surface area contributed by atoms with Crippen molar-refractivity contribution >= 4 is 0 Å². The van der Waals surface area contributed by atoms with Gasteiger partial charge in [-0.25, -0.2) is 4.98 Å². The molecule has 0 aliphatic heterocycles. The molecule has 0 saturated heterocycles. The quantitative estimate of drug-likeness (QED) is 0.789. The number of aromatic nitrogens is 1. The number of hydrogen-bond acceptors (Lipinski definition) is 3. The second-order valence-corrected chi connectivity index (χ2v) is 4.09. The van der Waals surface area contributed by atoms with Crippen molar-refractivity contribution in [1.82, 2.24) is 10.3 Å². The van der Waals surface area contributed by atoms with E-state index in [1.165, 1.54) is 12.8 Å². The van der Waals surface area contributed by atoms with Crippen LogP contribution < -0.4 is 10.1 Å². The molecule has 1 N–H and O–H groups in total. The minimum absolute atomic E-state index is 0.362. The third kappa shape index (κ3) is 2.04. The molecule has 0 radical (unpaired) electrons. The highest BCUT2D eigenvalue weighted by molar-refractivity contribution is 5.25. The van der Waals surface area contributed by atoms with E-state index in [4.69, 9.17) is 4.74 Å². The van der Waals surface area contributed by atoms with E-state index in [-0.39, 0.29) is 0 Å². The van der Waals surface area contributed by atoms with Crippen LogP contribution in [0, 0.1) is 0 Å². The molecule has 1 heterocycles. The van der Waals surface area contributed by atoms with Crippen LogP contribution in [0.2, 0.25) is 0 Å². The van der Waals surface area contributed by atoms with Crippen molar-refractivity contribution in [3.8, 4) is 5.88 Å². The third-order valence-corrected chi connectivity index (χ3v) is 2.75. The van der Waals surface area contributed by atoms with Crippen molar-refractivity contribution in [2.75, 3.05) is 7.11 Å². The Hall–Kier alpha value is -1.09. The second kappa shape index (κ2) is 3.58. The fourth-order valence-corrected chi connectivity index (χ4v) is 1.42. The van der Waals surface area contributed by atoms with Crippen LogP contribution in [-0.4, -0.2) is 17.6 Å². The van der Waals surface area contributed by atoms with Crippen molar-refractivity contribution in [2.24, 2.45) is 0 Å². The molecule has 14 heavy (non-hydrogen) atoms. The Balaban J connectivity index is 2.00. The highest BCUT2D eigenvalue weighted by Crippen LogP contribution is 2.34. The monoisotopic (exact) mass is 192 g/mol. The predicted molar refractivity (Wildman–Crippen MR) is 55.3 cm³/mol. The summed E-state index contributed by atoms with van der Waals surface area (Å²) in [6, 6.07) is 3.99. The molecule has 0 atom stereocenters. The zero-order chi connectivity index (χ0) is 10.0. The van der Waals surface area contributed by atoms with E-state index in [0.29, 0.717) is 5.54 Å². The van der Waals surface area contributed by atoms with Gasteiger partial charge in [0.1, 0.15) is 0 Å². The fourth-order valence-electron chi connectivity index (χ4n) is 1.42.